The van der Waals surface area contributed by atoms with Crippen molar-refractivity contribution >= 4 is 33.9 Å². The Hall–Kier alpha value is -2.94. The van der Waals surface area contributed by atoms with Gasteiger partial charge in [0.2, 0.25) is 0 Å². The molecular formula is C22H23ClFN3O4. The molecule has 0 radical (unpaired) electrons. The molecule has 9 heteroatoms. The Morgan fingerprint density at radius 2 is 1.65 bits per heavy atom. The van der Waals surface area contributed by atoms with Crippen molar-refractivity contribution in [3.63, 3.8) is 0 Å². The SMILES string of the molecule is OCCCOc1cc2cc3c(Nc4ccc(F)c(Cl)c4)[nH][nH]c-3c2cc1OCCCO. The van der Waals surface area contributed by atoms with Gasteiger partial charge in [0, 0.05) is 42.7 Å². The Bertz CT molecular complexity index is 1140. The maximum absolute atomic E-state index is 13.4. The second kappa shape index (κ2) is 9.47. The van der Waals surface area contributed by atoms with E-state index in [2.05, 4.69) is 15.5 Å². The number of nitrogens with one attached hydrogen (secondary N) is 3. The molecule has 0 aromatic heterocycles. The number of aromatic amines is 2. The summed E-state index contributed by atoms with van der Waals surface area (Å²) in [5.41, 5.74) is 2.43. The lowest BCUT2D eigenvalue weighted by Crippen LogP contribution is -2.04. The Balaban J connectivity index is 1.66. The van der Waals surface area contributed by atoms with Crippen LogP contribution < -0.4 is 14.8 Å². The van der Waals surface area contributed by atoms with Gasteiger partial charge < -0.3 is 25.0 Å². The lowest BCUT2D eigenvalue weighted by Gasteiger charge is -2.13. The number of fused-ring (bicyclic) bond motifs is 3. The first-order chi connectivity index (χ1) is 15.1. The lowest BCUT2D eigenvalue weighted by molar-refractivity contribution is 0.211. The van der Waals surface area contributed by atoms with E-state index in [1.54, 1.807) is 6.07 Å². The van der Waals surface area contributed by atoms with E-state index in [1.807, 2.05) is 18.2 Å². The van der Waals surface area contributed by atoms with Gasteiger partial charge in [0.15, 0.2) is 11.5 Å². The molecule has 5 N–H and O–H groups in total. The fourth-order valence-electron chi connectivity index (χ4n) is 3.34. The van der Waals surface area contributed by atoms with Crippen LogP contribution in [0.25, 0.3) is 22.0 Å². The average molecular weight is 448 g/mol. The van der Waals surface area contributed by atoms with Crippen molar-refractivity contribution in [1.29, 1.82) is 0 Å². The fraction of sp³-hybridized carbons (Fsp3) is 0.273. The first kappa shape index (κ1) is 21.3. The zero-order chi connectivity index (χ0) is 21.8. The van der Waals surface area contributed by atoms with Crippen molar-refractivity contribution < 1.29 is 24.1 Å². The molecule has 7 nitrogen and oxygen atoms in total. The summed E-state index contributed by atoms with van der Waals surface area (Å²) in [6, 6.07) is 10.2. The van der Waals surface area contributed by atoms with E-state index in [4.69, 9.17) is 31.3 Å². The standard InChI is InChI=1S/C22H23ClFN3O4/c23-17-11-14(3-4-18(17)24)25-22-16-9-13-10-19(30-7-1-5-28)20(31-8-2-6-29)12-15(13)21(16)26-27-22/h3-4,9-12,25-29H,1-2,5-8H2. The summed E-state index contributed by atoms with van der Waals surface area (Å²) >= 11 is 5.88. The van der Waals surface area contributed by atoms with Crippen LogP contribution in [0.15, 0.2) is 36.4 Å². The highest BCUT2D eigenvalue weighted by Crippen LogP contribution is 2.43. The van der Waals surface area contributed by atoms with Crippen LogP contribution in [0, 0.1) is 5.82 Å². The predicted octanol–water partition coefficient (Wildman–Crippen LogP) is 4.66. The lowest BCUT2D eigenvalue weighted by atomic mass is 10.2. The van der Waals surface area contributed by atoms with Gasteiger partial charge in [0.25, 0.3) is 0 Å². The number of hydrogen-bond acceptors (Lipinski definition) is 5. The maximum atomic E-state index is 13.4. The number of halogens is 2. The molecule has 1 aliphatic carbocycles. The van der Waals surface area contributed by atoms with Crippen LogP contribution in [0.1, 0.15) is 12.8 Å². The highest BCUT2D eigenvalue weighted by Gasteiger charge is 2.20. The summed E-state index contributed by atoms with van der Waals surface area (Å²) in [7, 11) is 0. The summed E-state index contributed by atoms with van der Waals surface area (Å²) in [6.45, 7) is 0.804. The number of aliphatic hydroxyl groups is 2. The smallest absolute Gasteiger partial charge is 0.161 e. The Morgan fingerprint density at radius 1 is 0.935 bits per heavy atom. The molecule has 0 fully saturated rings. The second-order valence-electron chi connectivity index (χ2n) is 7.05. The zero-order valence-electron chi connectivity index (χ0n) is 16.7. The number of anilines is 2. The predicted molar refractivity (Wildman–Crippen MR) is 118 cm³/mol. The van der Waals surface area contributed by atoms with Crippen LogP contribution in [0.2, 0.25) is 5.02 Å². The molecule has 2 aromatic carbocycles. The van der Waals surface area contributed by atoms with E-state index in [0.29, 0.717) is 49.1 Å². The highest BCUT2D eigenvalue weighted by atomic mass is 35.5. The summed E-state index contributed by atoms with van der Waals surface area (Å²) < 4.78 is 25.1. The number of H-pyrrole nitrogens is 2. The molecule has 0 atom stereocenters. The van der Waals surface area contributed by atoms with Crippen molar-refractivity contribution in [2.75, 3.05) is 31.7 Å². The van der Waals surface area contributed by atoms with Crippen LogP contribution in [0.4, 0.5) is 15.9 Å². The molecule has 31 heavy (non-hydrogen) atoms. The summed E-state index contributed by atoms with van der Waals surface area (Å²) in [4.78, 5) is 0. The molecule has 0 bridgehead atoms. The molecule has 164 valence electrons. The maximum Gasteiger partial charge on any atom is 0.161 e. The van der Waals surface area contributed by atoms with E-state index < -0.39 is 5.82 Å². The van der Waals surface area contributed by atoms with Gasteiger partial charge in [-0.25, -0.2) is 4.39 Å². The number of rotatable bonds is 10. The van der Waals surface area contributed by atoms with Gasteiger partial charge in [-0.05, 0) is 41.8 Å². The molecule has 0 saturated heterocycles. The molecule has 1 aliphatic heterocycles. The number of aromatic nitrogens is 2. The fourth-order valence-corrected chi connectivity index (χ4v) is 3.52. The van der Waals surface area contributed by atoms with Crippen molar-refractivity contribution in [3.05, 3.63) is 47.2 Å². The van der Waals surface area contributed by atoms with Crippen molar-refractivity contribution in [2.24, 2.45) is 0 Å². The first-order valence-electron chi connectivity index (χ1n) is 9.97. The van der Waals surface area contributed by atoms with Gasteiger partial charge in [0.05, 0.1) is 23.9 Å². The van der Waals surface area contributed by atoms with Crippen LogP contribution in [0.3, 0.4) is 0 Å². The Labute approximate surface area is 183 Å². The van der Waals surface area contributed by atoms with Gasteiger partial charge in [-0.1, -0.05) is 11.6 Å². The van der Waals surface area contributed by atoms with E-state index in [0.717, 1.165) is 22.0 Å². The second-order valence-corrected chi connectivity index (χ2v) is 7.46. The summed E-state index contributed by atoms with van der Waals surface area (Å²) in [5.74, 6) is 1.38. The van der Waals surface area contributed by atoms with Crippen LogP contribution in [0.5, 0.6) is 11.5 Å². The zero-order valence-corrected chi connectivity index (χ0v) is 17.4. The van der Waals surface area contributed by atoms with E-state index in [-0.39, 0.29) is 18.2 Å². The molecule has 4 rings (SSSR count). The highest BCUT2D eigenvalue weighted by molar-refractivity contribution is 6.31. The number of benzene rings is 2. The van der Waals surface area contributed by atoms with Gasteiger partial charge in [-0.2, -0.15) is 0 Å². The van der Waals surface area contributed by atoms with Gasteiger partial charge in [0.1, 0.15) is 11.6 Å². The average Bonchev–Trinajstić information content (AvgIpc) is 3.30. The Morgan fingerprint density at radius 3 is 2.32 bits per heavy atom. The van der Waals surface area contributed by atoms with Crippen LogP contribution in [-0.4, -0.2) is 46.8 Å². The minimum atomic E-state index is -0.475. The van der Waals surface area contributed by atoms with Crippen LogP contribution >= 0.6 is 11.6 Å². The van der Waals surface area contributed by atoms with Gasteiger partial charge in [-0.15, -0.1) is 0 Å². The van der Waals surface area contributed by atoms with E-state index >= 15 is 0 Å². The van der Waals surface area contributed by atoms with Gasteiger partial charge >= 0.3 is 0 Å². The van der Waals surface area contributed by atoms with Gasteiger partial charge in [-0.3, -0.25) is 10.2 Å². The largest absolute Gasteiger partial charge is 0.490 e. The monoisotopic (exact) mass is 447 g/mol. The number of hydrogen-bond donors (Lipinski definition) is 5. The number of ether oxygens (including phenoxy) is 2. The normalized spacial score (nSPS) is 11.4. The quantitative estimate of drug-likeness (QED) is 0.227. The molecule has 1 heterocycles. The van der Waals surface area contributed by atoms with E-state index in [9.17, 15) is 4.39 Å². The molecule has 2 aromatic rings. The minimum Gasteiger partial charge on any atom is -0.490 e. The third kappa shape index (κ3) is 4.56. The summed E-state index contributed by atoms with van der Waals surface area (Å²) in [5, 5.41) is 29.5. The first-order valence-corrected chi connectivity index (χ1v) is 10.3. The van der Waals surface area contributed by atoms with Crippen molar-refractivity contribution in [2.45, 2.75) is 12.8 Å². The molecule has 0 saturated carbocycles. The molecule has 0 unspecified atom stereocenters. The van der Waals surface area contributed by atoms with Crippen LogP contribution in [-0.2, 0) is 0 Å². The number of aliphatic hydroxyl groups excluding tert-OH is 2. The minimum absolute atomic E-state index is 0.0393. The summed E-state index contributed by atoms with van der Waals surface area (Å²) in [6.07, 6.45) is 1.02. The topological polar surface area (TPSA) is 103 Å². The van der Waals surface area contributed by atoms with Crippen molar-refractivity contribution in [1.82, 2.24) is 10.2 Å². The third-order valence-corrected chi connectivity index (χ3v) is 5.13. The van der Waals surface area contributed by atoms with E-state index in [1.165, 1.54) is 12.1 Å². The third-order valence-electron chi connectivity index (χ3n) is 4.85. The Kier molecular flexibility index (Phi) is 6.50. The van der Waals surface area contributed by atoms with Crippen molar-refractivity contribution in [3.8, 4) is 22.8 Å². The molecule has 0 amide bonds. The molecule has 0 spiro atoms. The molecule has 2 aliphatic rings. The molecular weight excluding hydrogens is 425 g/mol.